The van der Waals surface area contributed by atoms with Crippen LogP contribution in [0, 0.1) is 0 Å². The summed E-state index contributed by atoms with van der Waals surface area (Å²) in [6.45, 7) is 0.880. The van der Waals surface area contributed by atoms with Crippen molar-refractivity contribution in [1.82, 2.24) is 4.98 Å². The molecule has 1 aliphatic rings. The van der Waals surface area contributed by atoms with Gasteiger partial charge in [0, 0.05) is 31.8 Å². The lowest BCUT2D eigenvalue weighted by Gasteiger charge is -2.23. The second-order valence-corrected chi connectivity index (χ2v) is 4.05. The molecule has 1 aromatic heterocycles. The first-order chi connectivity index (χ1) is 7.35. The van der Waals surface area contributed by atoms with Crippen LogP contribution in [0.2, 0.25) is 0 Å². The topological polar surface area (TPSA) is 25.4 Å². The predicted octanol–water partition coefficient (Wildman–Crippen LogP) is 1.91. The van der Waals surface area contributed by atoms with Crippen LogP contribution >= 0.6 is 11.6 Å². The highest BCUT2D eigenvalue weighted by Crippen LogP contribution is 2.25. The van der Waals surface area contributed by atoms with E-state index < -0.39 is 0 Å². The summed E-state index contributed by atoms with van der Waals surface area (Å²) in [5.41, 5.74) is 0. The van der Waals surface area contributed by atoms with Gasteiger partial charge in [-0.25, -0.2) is 4.98 Å². The Morgan fingerprint density at radius 1 is 1.60 bits per heavy atom. The molecular weight excluding hydrogens is 212 g/mol. The highest BCUT2D eigenvalue weighted by Gasteiger charge is 2.32. The highest BCUT2D eigenvalue weighted by molar-refractivity contribution is 6.18. The molecule has 15 heavy (non-hydrogen) atoms. The molecule has 0 N–H and O–H groups in total. The smallest absolute Gasteiger partial charge is 0.128 e. The van der Waals surface area contributed by atoms with E-state index in [0.717, 1.165) is 18.8 Å². The molecule has 2 rings (SSSR count). The number of alkyl halides is 1. The van der Waals surface area contributed by atoms with E-state index in [9.17, 15) is 0 Å². The molecule has 0 saturated carbocycles. The molecule has 1 saturated heterocycles. The zero-order valence-corrected chi connectivity index (χ0v) is 9.52. The summed E-state index contributed by atoms with van der Waals surface area (Å²) in [5, 5.41) is 0. The van der Waals surface area contributed by atoms with E-state index in [1.165, 1.54) is 0 Å². The van der Waals surface area contributed by atoms with Gasteiger partial charge >= 0.3 is 0 Å². The van der Waals surface area contributed by atoms with Crippen LogP contribution in [0.1, 0.15) is 6.42 Å². The molecule has 0 bridgehead atoms. The Hall–Kier alpha value is -0.800. The lowest BCUT2D eigenvalue weighted by Crippen LogP contribution is -2.31. The molecule has 4 heteroatoms. The molecule has 1 fully saturated rings. The fraction of sp³-hybridized carbons (Fsp3) is 0.545. The average Bonchev–Trinajstić information content (AvgIpc) is 2.73. The standard InChI is InChI=1S/C11H15ClN2O/c1-15-10-6-9(7-12)14(8-10)11-4-2-3-5-13-11/h2-5,9-10H,6-8H2,1H3. The Bertz CT molecular complexity index is 307. The first-order valence-corrected chi connectivity index (χ1v) is 5.65. The van der Waals surface area contributed by atoms with Crippen molar-refractivity contribution < 1.29 is 4.74 Å². The molecule has 0 spiro atoms. The number of ether oxygens (including phenoxy) is 1. The maximum Gasteiger partial charge on any atom is 0.128 e. The molecule has 3 nitrogen and oxygen atoms in total. The fourth-order valence-electron chi connectivity index (χ4n) is 1.99. The molecule has 0 aliphatic carbocycles. The monoisotopic (exact) mass is 226 g/mol. The van der Waals surface area contributed by atoms with Crippen LogP contribution in [0.4, 0.5) is 5.82 Å². The Labute approximate surface area is 95.0 Å². The van der Waals surface area contributed by atoms with Gasteiger partial charge in [-0.2, -0.15) is 0 Å². The third-order valence-electron chi connectivity index (χ3n) is 2.83. The first kappa shape index (κ1) is 10.7. The van der Waals surface area contributed by atoms with Crippen molar-refractivity contribution >= 4 is 17.4 Å². The van der Waals surface area contributed by atoms with E-state index in [4.69, 9.17) is 16.3 Å². The van der Waals surface area contributed by atoms with Crippen molar-refractivity contribution in [2.45, 2.75) is 18.6 Å². The zero-order chi connectivity index (χ0) is 10.7. The van der Waals surface area contributed by atoms with Crippen LogP contribution in [0.15, 0.2) is 24.4 Å². The van der Waals surface area contributed by atoms with Crippen molar-refractivity contribution in [1.29, 1.82) is 0 Å². The van der Waals surface area contributed by atoms with Crippen molar-refractivity contribution in [2.75, 3.05) is 24.4 Å². The van der Waals surface area contributed by atoms with Gasteiger partial charge in [0.15, 0.2) is 0 Å². The SMILES string of the molecule is COC1CC(CCl)N(c2ccccn2)C1. The van der Waals surface area contributed by atoms with Gasteiger partial charge in [0.05, 0.1) is 6.10 Å². The Balaban J connectivity index is 2.14. The molecule has 1 aliphatic heterocycles. The van der Waals surface area contributed by atoms with Gasteiger partial charge in [-0.1, -0.05) is 6.07 Å². The Morgan fingerprint density at radius 3 is 3.07 bits per heavy atom. The minimum absolute atomic E-state index is 0.274. The summed E-state index contributed by atoms with van der Waals surface area (Å²) in [6, 6.07) is 6.26. The van der Waals surface area contributed by atoms with E-state index in [1.54, 1.807) is 13.3 Å². The zero-order valence-electron chi connectivity index (χ0n) is 8.77. The molecule has 2 unspecified atom stereocenters. The van der Waals surface area contributed by atoms with Gasteiger partial charge < -0.3 is 9.64 Å². The van der Waals surface area contributed by atoms with Crippen LogP contribution in [-0.4, -0.2) is 36.7 Å². The quantitative estimate of drug-likeness (QED) is 0.737. The average molecular weight is 227 g/mol. The summed E-state index contributed by atoms with van der Waals surface area (Å²) in [5.74, 6) is 1.61. The van der Waals surface area contributed by atoms with Gasteiger partial charge in [-0.3, -0.25) is 0 Å². The normalized spacial score (nSPS) is 25.9. The molecule has 0 amide bonds. The lowest BCUT2D eigenvalue weighted by molar-refractivity contribution is 0.119. The number of aromatic nitrogens is 1. The minimum atomic E-state index is 0.274. The van der Waals surface area contributed by atoms with Gasteiger partial charge in [0.2, 0.25) is 0 Å². The molecular formula is C11H15ClN2O. The third-order valence-corrected chi connectivity index (χ3v) is 3.19. The van der Waals surface area contributed by atoms with Gasteiger partial charge in [-0.05, 0) is 18.6 Å². The van der Waals surface area contributed by atoms with Crippen LogP contribution in [0.3, 0.4) is 0 Å². The Kier molecular flexibility index (Phi) is 3.44. The largest absolute Gasteiger partial charge is 0.380 e. The minimum Gasteiger partial charge on any atom is -0.380 e. The first-order valence-electron chi connectivity index (χ1n) is 5.11. The van der Waals surface area contributed by atoms with Crippen molar-refractivity contribution in [3.63, 3.8) is 0 Å². The van der Waals surface area contributed by atoms with Crippen molar-refractivity contribution in [3.05, 3.63) is 24.4 Å². The maximum atomic E-state index is 5.95. The third kappa shape index (κ3) is 2.24. The van der Waals surface area contributed by atoms with Crippen LogP contribution in [0.5, 0.6) is 0 Å². The number of hydrogen-bond donors (Lipinski definition) is 0. The van der Waals surface area contributed by atoms with E-state index in [0.29, 0.717) is 11.9 Å². The van der Waals surface area contributed by atoms with Crippen LogP contribution in [-0.2, 0) is 4.74 Å². The molecule has 0 aromatic carbocycles. The summed E-state index contributed by atoms with van der Waals surface area (Å²) >= 11 is 5.95. The Morgan fingerprint density at radius 2 is 2.47 bits per heavy atom. The lowest BCUT2D eigenvalue weighted by atomic mass is 10.2. The van der Waals surface area contributed by atoms with Gasteiger partial charge in [0.25, 0.3) is 0 Å². The number of nitrogens with zero attached hydrogens (tertiary/aromatic N) is 2. The van der Waals surface area contributed by atoms with Gasteiger partial charge in [0.1, 0.15) is 5.82 Å². The van der Waals surface area contributed by atoms with Crippen molar-refractivity contribution in [2.24, 2.45) is 0 Å². The number of methoxy groups -OCH3 is 1. The summed E-state index contributed by atoms with van der Waals surface area (Å²) in [4.78, 5) is 6.56. The van der Waals surface area contributed by atoms with E-state index in [-0.39, 0.29) is 6.10 Å². The summed E-state index contributed by atoms with van der Waals surface area (Å²) in [6.07, 6.45) is 3.06. The number of halogens is 1. The van der Waals surface area contributed by atoms with Crippen molar-refractivity contribution in [3.8, 4) is 0 Å². The van der Waals surface area contributed by atoms with Crippen LogP contribution in [0.25, 0.3) is 0 Å². The van der Waals surface area contributed by atoms with E-state index in [1.807, 2.05) is 18.2 Å². The predicted molar refractivity (Wildman–Crippen MR) is 61.5 cm³/mol. The molecule has 2 heterocycles. The molecule has 82 valence electrons. The number of rotatable bonds is 3. The summed E-state index contributed by atoms with van der Waals surface area (Å²) in [7, 11) is 1.75. The number of anilines is 1. The fourth-order valence-corrected chi connectivity index (χ4v) is 2.29. The van der Waals surface area contributed by atoms with Gasteiger partial charge in [-0.15, -0.1) is 11.6 Å². The molecule has 0 radical (unpaired) electrons. The number of hydrogen-bond acceptors (Lipinski definition) is 3. The second-order valence-electron chi connectivity index (χ2n) is 3.74. The molecule has 2 atom stereocenters. The van der Waals surface area contributed by atoms with E-state index in [2.05, 4.69) is 9.88 Å². The highest BCUT2D eigenvalue weighted by atomic mass is 35.5. The second kappa shape index (κ2) is 4.81. The number of pyridine rings is 1. The molecule has 1 aromatic rings. The van der Waals surface area contributed by atoms with E-state index >= 15 is 0 Å². The maximum absolute atomic E-state index is 5.95. The summed E-state index contributed by atoms with van der Waals surface area (Å²) < 4.78 is 5.37. The van der Waals surface area contributed by atoms with Crippen LogP contribution < -0.4 is 4.90 Å².